The summed E-state index contributed by atoms with van der Waals surface area (Å²) in [4.78, 5) is 23.1. The van der Waals surface area contributed by atoms with Crippen molar-refractivity contribution in [1.82, 2.24) is 5.32 Å². The average Bonchev–Trinajstić information content (AvgIpc) is 3.34. The summed E-state index contributed by atoms with van der Waals surface area (Å²) in [5, 5.41) is 11.8. The maximum absolute atomic E-state index is 12.9. The summed E-state index contributed by atoms with van der Waals surface area (Å²) < 4.78 is 12.9. The number of benzene rings is 2. The Bertz CT molecular complexity index is 742. The topological polar surface area (TPSA) is 66.4 Å². The van der Waals surface area contributed by atoms with Crippen LogP contribution in [0.2, 0.25) is 0 Å². The summed E-state index contributed by atoms with van der Waals surface area (Å²) in [5.41, 5.74) is 1.92. The molecular weight excluding hydrogens is 297 g/mol. The monoisotopic (exact) mass is 313 g/mol. The number of carbonyl (C=O) groups excluding carboxylic acids is 1. The van der Waals surface area contributed by atoms with Gasteiger partial charge in [-0.2, -0.15) is 0 Å². The van der Waals surface area contributed by atoms with Crippen molar-refractivity contribution in [3.05, 3.63) is 71.0 Å². The molecule has 2 aromatic rings. The number of rotatable bonds is 5. The zero-order valence-electron chi connectivity index (χ0n) is 12.3. The Morgan fingerprint density at radius 2 is 1.91 bits per heavy atom. The molecule has 0 saturated heterocycles. The summed E-state index contributed by atoms with van der Waals surface area (Å²) in [7, 11) is 0. The highest BCUT2D eigenvalue weighted by molar-refractivity contribution is 5.87. The number of amides is 1. The zero-order chi connectivity index (χ0) is 16.4. The molecule has 1 aliphatic carbocycles. The lowest BCUT2D eigenvalue weighted by Crippen LogP contribution is -2.25. The molecule has 0 aromatic heterocycles. The van der Waals surface area contributed by atoms with Gasteiger partial charge in [0.25, 0.3) is 0 Å². The Morgan fingerprint density at radius 3 is 2.61 bits per heavy atom. The largest absolute Gasteiger partial charge is 0.478 e. The van der Waals surface area contributed by atoms with Gasteiger partial charge in [0.2, 0.25) is 5.91 Å². The summed E-state index contributed by atoms with van der Waals surface area (Å²) in [6.07, 6.45) is 0.757. The lowest BCUT2D eigenvalue weighted by molar-refractivity contribution is -0.122. The Morgan fingerprint density at radius 1 is 1.17 bits per heavy atom. The molecule has 2 atom stereocenters. The molecule has 5 heteroatoms. The normalized spacial score (nSPS) is 19.2. The molecule has 1 fully saturated rings. The van der Waals surface area contributed by atoms with Crippen LogP contribution in [0.4, 0.5) is 4.39 Å². The SMILES string of the molecule is O=C(O)c1cccc(CNC(=O)[C@@H]2C[C@H]2c2ccc(F)cc2)c1. The first-order chi connectivity index (χ1) is 11.0. The van der Waals surface area contributed by atoms with Crippen LogP contribution in [0.5, 0.6) is 0 Å². The van der Waals surface area contributed by atoms with Crippen LogP contribution >= 0.6 is 0 Å². The van der Waals surface area contributed by atoms with E-state index < -0.39 is 5.97 Å². The standard InChI is InChI=1S/C18H16FNO3/c19-14-6-4-12(5-7-14)15-9-16(15)17(21)20-10-11-2-1-3-13(8-11)18(22)23/h1-8,15-16H,9-10H2,(H,20,21)(H,22,23)/t15-,16+/m0/s1. The first-order valence-electron chi connectivity index (χ1n) is 7.40. The van der Waals surface area contributed by atoms with E-state index in [1.807, 2.05) is 0 Å². The number of hydrogen-bond acceptors (Lipinski definition) is 2. The first kappa shape index (κ1) is 15.2. The third-order valence-corrected chi connectivity index (χ3v) is 4.07. The fourth-order valence-electron chi connectivity index (χ4n) is 2.70. The number of carbonyl (C=O) groups is 2. The highest BCUT2D eigenvalue weighted by Gasteiger charge is 2.43. The van der Waals surface area contributed by atoms with E-state index in [1.165, 1.54) is 18.2 Å². The second-order valence-electron chi connectivity index (χ2n) is 5.72. The Kier molecular flexibility index (Phi) is 4.10. The van der Waals surface area contributed by atoms with Crippen LogP contribution in [0.25, 0.3) is 0 Å². The van der Waals surface area contributed by atoms with Gasteiger partial charge in [0.05, 0.1) is 5.56 Å². The van der Waals surface area contributed by atoms with Crippen LogP contribution in [0.15, 0.2) is 48.5 Å². The molecule has 0 unspecified atom stereocenters. The van der Waals surface area contributed by atoms with Gasteiger partial charge in [0.15, 0.2) is 0 Å². The number of nitrogens with one attached hydrogen (secondary N) is 1. The van der Waals surface area contributed by atoms with Crippen molar-refractivity contribution < 1.29 is 19.1 Å². The molecule has 0 aliphatic heterocycles. The number of carboxylic acid groups (broad SMARTS) is 1. The molecule has 0 spiro atoms. The van der Waals surface area contributed by atoms with Gasteiger partial charge in [-0.05, 0) is 47.7 Å². The zero-order valence-corrected chi connectivity index (χ0v) is 12.3. The minimum absolute atomic E-state index is 0.0555. The first-order valence-corrected chi connectivity index (χ1v) is 7.40. The van der Waals surface area contributed by atoms with Gasteiger partial charge in [-0.3, -0.25) is 4.79 Å². The van der Waals surface area contributed by atoms with Gasteiger partial charge in [0.1, 0.15) is 5.82 Å². The number of halogens is 1. The molecule has 1 saturated carbocycles. The van der Waals surface area contributed by atoms with E-state index in [0.717, 1.165) is 17.5 Å². The maximum atomic E-state index is 12.9. The van der Waals surface area contributed by atoms with Crippen molar-refractivity contribution in [3.8, 4) is 0 Å². The predicted molar refractivity (Wildman–Crippen MR) is 82.5 cm³/mol. The highest BCUT2D eigenvalue weighted by atomic mass is 19.1. The predicted octanol–water partition coefficient (Wildman–Crippen LogP) is 2.94. The van der Waals surface area contributed by atoms with Gasteiger partial charge in [-0.1, -0.05) is 24.3 Å². The highest BCUT2D eigenvalue weighted by Crippen LogP contribution is 2.47. The smallest absolute Gasteiger partial charge is 0.335 e. The molecule has 2 N–H and O–H groups in total. The minimum atomic E-state index is -0.989. The Hall–Kier alpha value is -2.69. The molecule has 0 radical (unpaired) electrons. The number of aromatic carboxylic acids is 1. The molecule has 3 rings (SSSR count). The Balaban J connectivity index is 1.56. The van der Waals surface area contributed by atoms with E-state index in [1.54, 1.807) is 30.3 Å². The maximum Gasteiger partial charge on any atom is 0.335 e. The molecule has 4 nitrogen and oxygen atoms in total. The Labute approximate surface area is 133 Å². The molecular formula is C18H16FNO3. The number of hydrogen-bond donors (Lipinski definition) is 2. The van der Waals surface area contributed by atoms with Crippen molar-refractivity contribution in [2.75, 3.05) is 0 Å². The summed E-state index contributed by atoms with van der Waals surface area (Å²) in [6.45, 7) is 0.298. The second-order valence-corrected chi connectivity index (χ2v) is 5.72. The fourth-order valence-corrected chi connectivity index (χ4v) is 2.70. The van der Waals surface area contributed by atoms with Crippen molar-refractivity contribution >= 4 is 11.9 Å². The molecule has 0 bridgehead atoms. The molecule has 118 valence electrons. The van der Waals surface area contributed by atoms with Crippen LogP contribution in [-0.4, -0.2) is 17.0 Å². The van der Waals surface area contributed by atoms with Crippen molar-refractivity contribution in [1.29, 1.82) is 0 Å². The minimum Gasteiger partial charge on any atom is -0.478 e. The van der Waals surface area contributed by atoms with E-state index in [2.05, 4.69) is 5.32 Å². The van der Waals surface area contributed by atoms with Crippen LogP contribution in [0.1, 0.15) is 33.8 Å². The van der Waals surface area contributed by atoms with Crippen LogP contribution in [0.3, 0.4) is 0 Å². The van der Waals surface area contributed by atoms with Gasteiger partial charge in [0, 0.05) is 12.5 Å². The van der Waals surface area contributed by atoms with Crippen LogP contribution in [0, 0.1) is 11.7 Å². The molecule has 23 heavy (non-hydrogen) atoms. The third-order valence-electron chi connectivity index (χ3n) is 4.07. The lowest BCUT2D eigenvalue weighted by atomic mass is 10.1. The summed E-state index contributed by atoms with van der Waals surface area (Å²) in [5.74, 6) is -1.28. The lowest BCUT2D eigenvalue weighted by Gasteiger charge is -2.06. The van der Waals surface area contributed by atoms with E-state index >= 15 is 0 Å². The quantitative estimate of drug-likeness (QED) is 0.892. The van der Waals surface area contributed by atoms with Gasteiger partial charge in [-0.15, -0.1) is 0 Å². The summed E-state index contributed by atoms with van der Waals surface area (Å²) in [6, 6.07) is 12.7. The third kappa shape index (κ3) is 3.56. The molecule has 0 heterocycles. The van der Waals surface area contributed by atoms with Gasteiger partial charge >= 0.3 is 5.97 Å². The van der Waals surface area contributed by atoms with Crippen molar-refractivity contribution in [2.45, 2.75) is 18.9 Å². The van der Waals surface area contributed by atoms with Crippen LogP contribution in [-0.2, 0) is 11.3 Å². The molecule has 1 amide bonds. The number of carboxylic acids is 1. The van der Waals surface area contributed by atoms with Crippen molar-refractivity contribution in [3.63, 3.8) is 0 Å². The van der Waals surface area contributed by atoms with E-state index in [4.69, 9.17) is 5.11 Å². The van der Waals surface area contributed by atoms with Crippen molar-refractivity contribution in [2.24, 2.45) is 5.92 Å². The van der Waals surface area contributed by atoms with Gasteiger partial charge < -0.3 is 10.4 Å². The van der Waals surface area contributed by atoms with E-state index in [0.29, 0.717) is 6.54 Å². The molecule has 1 aliphatic rings. The fraction of sp³-hybridized carbons (Fsp3) is 0.222. The molecule has 2 aromatic carbocycles. The van der Waals surface area contributed by atoms with E-state index in [9.17, 15) is 14.0 Å². The second kappa shape index (κ2) is 6.20. The average molecular weight is 313 g/mol. The van der Waals surface area contributed by atoms with E-state index in [-0.39, 0.29) is 29.1 Å². The summed E-state index contributed by atoms with van der Waals surface area (Å²) >= 11 is 0. The van der Waals surface area contributed by atoms with Crippen LogP contribution < -0.4 is 5.32 Å². The van der Waals surface area contributed by atoms with Gasteiger partial charge in [-0.25, -0.2) is 9.18 Å².